The summed E-state index contributed by atoms with van der Waals surface area (Å²) in [4.78, 5) is 12.4. The summed E-state index contributed by atoms with van der Waals surface area (Å²) >= 11 is 0. The first-order chi connectivity index (χ1) is 10.6. The molecule has 0 saturated carbocycles. The summed E-state index contributed by atoms with van der Waals surface area (Å²) < 4.78 is 31.2. The predicted octanol–water partition coefficient (Wildman–Crippen LogP) is 2.65. The van der Waals surface area contributed by atoms with Gasteiger partial charge in [0.2, 0.25) is 5.91 Å². The Bertz CT molecular complexity index is 672. The molecule has 0 unspecified atom stereocenters. The molecule has 1 atom stereocenters. The number of hydrogen-bond donors (Lipinski definition) is 1. The first-order valence-electron chi connectivity index (χ1n) is 6.97. The van der Waals surface area contributed by atoms with E-state index in [4.69, 9.17) is 4.74 Å². The first kappa shape index (κ1) is 14.5. The van der Waals surface area contributed by atoms with Gasteiger partial charge in [0.25, 0.3) is 6.43 Å². The molecule has 0 bridgehead atoms. The zero-order valence-electron chi connectivity index (χ0n) is 11.7. The Morgan fingerprint density at radius 1 is 1.41 bits per heavy atom. The lowest BCUT2D eigenvalue weighted by atomic mass is 9.92. The van der Waals surface area contributed by atoms with Crippen molar-refractivity contribution in [3.8, 4) is 5.75 Å². The molecule has 0 saturated heterocycles. The van der Waals surface area contributed by atoms with Gasteiger partial charge in [0.15, 0.2) is 5.82 Å². The lowest BCUT2D eigenvalue weighted by Crippen LogP contribution is -2.26. The third kappa shape index (κ3) is 3.08. The molecule has 0 fully saturated rings. The van der Waals surface area contributed by atoms with Crippen LogP contribution in [0.3, 0.4) is 0 Å². The lowest BCUT2D eigenvalue weighted by Gasteiger charge is -2.24. The van der Waals surface area contributed by atoms with Crippen LogP contribution in [-0.2, 0) is 11.3 Å². The molecule has 1 amide bonds. The standard InChI is InChI=1S/C15H15F2N3O2/c16-13(17)9-20-7-5-14(19-20)18-15(21)11-6-8-22-12-4-2-1-3-10(11)12/h1-5,7,11,13H,6,8-9H2,(H,18,19,21)/t11-/m1/s1. The van der Waals surface area contributed by atoms with Crippen LogP contribution < -0.4 is 10.1 Å². The molecule has 1 aliphatic rings. The van der Waals surface area contributed by atoms with Gasteiger partial charge < -0.3 is 10.1 Å². The van der Waals surface area contributed by atoms with Crippen molar-refractivity contribution in [3.63, 3.8) is 0 Å². The molecule has 22 heavy (non-hydrogen) atoms. The van der Waals surface area contributed by atoms with Crippen molar-refractivity contribution in [3.05, 3.63) is 42.1 Å². The first-order valence-corrected chi connectivity index (χ1v) is 6.97. The van der Waals surface area contributed by atoms with Gasteiger partial charge in [0.1, 0.15) is 12.3 Å². The molecule has 1 aromatic carbocycles. The van der Waals surface area contributed by atoms with Gasteiger partial charge in [-0.15, -0.1) is 0 Å². The van der Waals surface area contributed by atoms with Gasteiger partial charge in [-0.05, 0) is 12.5 Å². The van der Waals surface area contributed by atoms with Crippen molar-refractivity contribution in [1.82, 2.24) is 9.78 Å². The van der Waals surface area contributed by atoms with Gasteiger partial charge in [-0.2, -0.15) is 5.10 Å². The van der Waals surface area contributed by atoms with E-state index in [-0.39, 0.29) is 17.6 Å². The number of anilines is 1. The van der Waals surface area contributed by atoms with Crippen LogP contribution in [0.2, 0.25) is 0 Å². The normalized spacial score (nSPS) is 17.0. The lowest BCUT2D eigenvalue weighted by molar-refractivity contribution is -0.118. The van der Waals surface area contributed by atoms with Crippen molar-refractivity contribution in [2.45, 2.75) is 25.3 Å². The number of alkyl halides is 2. The third-order valence-corrected chi connectivity index (χ3v) is 3.49. The number of para-hydroxylation sites is 1. The zero-order chi connectivity index (χ0) is 15.5. The van der Waals surface area contributed by atoms with Gasteiger partial charge in [0, 0.05) is 17.8 Å². The number of aromatic nitrogens is 2. The highest BCUT2D eigenvalue weighted by molar-refractivity contribution is 5.95. The van der Waals surface area contributed by atoms with Gasteiger partial charge in [-0.1, -0.05) is 18.2 Å². The van der Waals surface area contributed by atoms with Crippen molar-refractivity contribution >= 4 is 11.7 Å². The molecule has 0 aliphatic carbocycles. The van der Waals surface area contributed by atoms with Gasteiger partial charge >= 0.3 is 0 Å². The van der Waals surface area contributed by atoms with Crippen molar-refractivity contribution < 1.29 is 18.3 Å². The molecule has 2 aromatic rings. The summed E-state index contributed by atoms with van der Waals surface area (Å²) in [6.07, 6.45) is -0.494. The highest BCUT2D eigenvalue weighted by atomic mass is 19.3. The molecule has 0 spiro atoms. The number of ether oxygens (including phenoxy) is 1. The molecule has 5 nitrogen and oxygen atoms in total. The van der Waals surface area contributed by atoms with Gasteiger partial charge in [-0.3, -0.25) is 9.48 Å². The predicted molar refractivity (Wildman–Crippen MR) is 76.2 cm³/mol. The van der Waals surface area contributed by atoms with Crippen LogP contribution in [-0.4, -0.2) is 28.7 Å². The third-order valence-electron chi connectivity index (χ3n) is 3.49. The molecule has 0 radical (unpaired) electrons. The Balaban J connectivity index is 1.71. The van der Waals surface area contributed by atoms with Crippen LogP contribution in [0.25, 0.3) is 0 Å². The Morgan fingerprint density at radius 3 is 3.05 bits per heavy atom. The number of hydrogen-bond acceptors (Lipinski definition) is 3. The van der Waals surface area contributed by atoms with Crippen LogP contribution in [0.15, 0.2) is 36.5 Å². The average molecular weight is 307 g/mol. The topological polar surface area (TPSA) is 56.2 Å². The zero-order valence-corrected chi connectivity index (χ0v) is 11.7. The van der Waals surface area contributed by atoms with Crippen LogP contribution in [0.4, 0.5) is 14.6 Å². The Kier molecular flexibility index (Phi) is 4.04. The quantitative estimate of drug-likeness (QED) is 0.945. The summed E-state index contributed by atoms with van der Waals surface area (Å²) in [7, 11) is 0. The minimum absolute atomic E-state index is 0.210. The maximum absolute atomic E-state index is 12.4. The smallest absolute Gasteiger partial charge is 0.257 e. The van der Waals surface area contributed by atoms with Crippen LogP contribution >= 0.6 is 0 Å². The summed E-state index contributed by atoms with van der Waals surface area (Å²) in [6, 6.07) is 8.89. The number of benzene rings is 1. The minimum atomic E-state index is -2.48. The molecule has 2 heterocycles. The van der Waals surface area contributed by atoms with Crippen LogP contribution in [0, 0.1) is 0 Å². The number of carbonyl (C=O) groups is 1. The van der Waals surface area contributed by atoms with Crippen LogP contribution in [0.5, 0.6) is 5.75 Å². The second-order valence-corrected chi connectivity index (χ2v) is 5.03. The molecule has 1 aliphatic heterocycles. The monoisotopic (exact) mass is 307 g/mol. The maximum Gasteiger partial charge on any atom is 0.257 e. The van der Waals surface area contributed by atoms with Gasteiger partial charge in [0.05, 0.1) is 12.5 Å². The maximum atomic E-state index is 12.4. The number of rotatable bonds is 4. The van der Waals surface area contributed by atoms with E-state index in [2.05, 4.69) is 10.4 Å². The molecule has 7 heteroatoms. The largest absolute Gasteiger partial charge is 0.493 e. The highest BCUT2D eigenvalue weighted by Crippen LogP contribution is 2.33. The van der Waals surface area contributed by atoms with Crippen molar-refractivity contribution in [2.24, 2.45) is 0 Å². The average Bonchev–Trinajstić information content (AvgIpc) is 2.92. The number of fused-ring (bicyclic) bond motifs is 1. The highest BCUT2D eigenvalue weighted by Gasteiger charge is 2.27. The number of amides is 1. The SMILES string of the molecule is O=C(Nc1ccn(CC(F)F)n1)[C@@H]1CCOc2ccccc21. The number of nitrogens with one attached hydrogen (secondary N) is 1. The van der Waals surface area contributed by atoms with E-state index in [0.29, 0.717) is 18.8 Å². The van der Waals surface area contributed by atoms with E-state index < -0.39 is 13.0 Å². The van der Waals surface area contributed by atoms with Gasteiger partial charge in [-0.25, -0.2) is 8.78 Å². The fraction of sp³-hybridized carbons (Fsp3) is 0.333. The second-order valence-electron chi connectivity index (χ2n) is 5.03. The van der Waals surface area contributed by atoms with E-state index in [1.807, 2.05) is 24.3 Å². The summed E-state index contributed by atoms with van der Waals surface area (Å²) in [6.45, 7) is -0.0229. The molecular formula is C15H15F2N3O2. The van der Waals surface area contributed by atoms with Crippen molar-refractivity contribution in [2.75, 3.05) is 11.9 Å². The summed E-state index contributed by atoms with van der Waals surface area (Å²) in [5, 5.41) is 6.59. The molecular weight excluding hydrogens is 292 g/mol. The summed E-state index contributed by atoms with van der Waals surface area (Å²) in [5.74, 6) is 0.440. The van der Waals surface area contributed by atoms with E-state index in [9.17, 15) is 13.6 Å². The fourth-order valence-electron chi connectivity index (χ4n) is 2.50. The molecule has 116 valence electrons. The molecule has 3 rings (SSSR count). The number of nitrogens with zero attached hydrogens (tertiary/aromatic N) is 2. The van der Waals surface area contributed by atoms with E-state index in [1.165, 1.54) is 12.3 Å². The fourth-order valence-corrected chi connectivity index (χ4v) is 2.50. The molecule has 1 N–H and O–H groups in total. The summed E-state index contributed by atoms with van der Waals surface area (Å²) in [5.41, 5.74) is 0.832. The number of halogens is 2. The second kappa shape index (κ2) is 6.13. The molecule has 1 aromatic heterocycles. The Morgan fingerprint density at radius 2 is 2.23 bits per heavy atom. The number of carbonyl (C=O) groups excluding carboxylic acids is 1. The van der Waals surface area contributed by atoms with Crippen LogP contribution in [0.1, 0.15) is 17.9 Å². The van der Waals surface area contributed by atoms with E-state index in [1.54, 1.807) is 0 Å². The minimum Gasteiger partial charge on any atom is -0.493 e. The van der Waals surface area contributed by atoms with E-state index >= 15 is 0 Å². The van der Waals surface area contributed by atoms with E-state index in [0.717, 1.165) is 10.2 Å². The Labute approximate surface area is 125 Å². The van der Waals surface area contributed by atoms with Crippen molar-refractivity contribution in [1.29, 1.82) is 0 Å². The Hall–Kier alpha value is -2.44.